The predicted octanol–water partition coefficient (Wildman–Crippen LogP) is 0.973. The van der Waals surface area contributed by atoms with Gasteiger partial charge in [0.2, 0.25) is 0 Å². The van der Waals surface area contributed by atoms with Crippen molar-refractivity contribution >= 4 is 23.7 Å². The number of halogens is 1. The molecule has 0 saturated carbocycles. The molecule has 0 aliphatic carbocycles. The molecular formula is C9H12ClN3O3. The first kappa shape index (κ1) is 12.8. The Morgan fingerprint density at radius 1 is 1.50 bits per heavy atom. The van der Waals surface area contributed by atoms with Crippen LogP contribution in [-0.2, 0) is 9.47 Å². The second-order valence-corrected chi connectivity index (χ2v) is 3.18. The van der Waals surface area contributed by atoms with E-state index in [1.165, 1.54) is 20.5 Å². The molecule has 88 valence electrons. The monoisotopic (exact) mass is 245 g/mol. The lowest BCUT2D eigenvalue weighted by Gasteiger charge is -2.15. The number of ether oxygens (including phenoxy) is 2. The summed E-state index contributed by atoms with van der Waals surface area (Å²) in [5, 5.41) is 3.00. The molecular weight excluding hydrogens is 234 g/mol. The fourth-order valence-corrected chi connectivity index (χ4v) is 1.24. The highest BCUT2D eigenvalue weighted by Crippen LogP contribution is 2.17. The molecule has 0 aromatic carbocycles. The Hall–Kier alpha value is -1.24. The molecule has 6 nitrogen and oxygen atoms in total. The quantitative estimate of drug-likeness (QED) is 0.457. The van der Waals surface area contributed by atoms with Crippen molar-refractivity contribution in [1.29, 1.82) is 0 Å². The zero-order valence-electron chi connectivity index (χ0n) is 8.94. The lowest BCUT2D eigenvalue weighted by molar-refractivity contribution is -0.0914. The van der Waals surface area contributed by atoms with E-state index in [1.807, 2.05) is 0 Å². The first-order valence-corrected chi connectivity index (χ1v) is 4.85. The van der Waals surface area contributed by atoms with Gasteiger partial charge in [-0.3, -0.25) is 4.79 Å². The number of carbonyl (C=O) groups is 1. The number of hydrogen-bond donors (Lipinski definition) is 1. The number of nitrogens with zero attached hydrogens (tertiary/aromatic N) is 2. The van der Waals surface area contributed by atoms with Crippen LogP contribution in [0.1, 0.15) is 10.4 Å². The average molecular weight is 246 g/mol. The number of anilines is 1. The highest BCUT2D eigenvalue weighted by molar-refractivity contribution is 6.32. The zero-order valence-corrected chi connectivity index (χ0v) is 9.69. The van der Waals surface area contributed by atoms with Crippen molar-refractivity contribution in [3.05, 3.63) is 17.0 Å². The molecule has 0 aliphatic heterocycles. The molecule has 1 rings (SSSR count). The largest absolute Gasteiger partial charge is 0.364 e. The van der Waals surface area contributed by atoms with E-state index in [1.54, 1.807) is 0 Å². The molecule has 0 amide bonds. The molecule has 7 heteroatoms. The van der Waals surface area contributed by atoms with Crippen LogP contribution in [0.25, 0.3) is 0 Å². The van der Waals surface area contributed by atoms with Gasteiger partial charge in [-0.15, -0.1) is 0 Å². The van der Waals surface area contributed by atoms with Crippen LogP contribution in [0.3, 0.4) is 0 Å². The summed E-state index contributed by atoms with van der Waals surface area (Å²) >= 11 is 5.73. The van der Waals surface area contributed by atoms with Gasteiger partial charge in [0.25, 0.3) is 0 Å². The Balaban J connectivity index is 2.73. The van der Waals surface area contributed by atoms with Gasteiger partial charge in [0.15, 0.2) is 12.6 Å². The molecule has 0 bridgehead atoms. The third-order valence-electron chi connectivity index (χ3n) is 1.92. The van der Waals surface area contributed by atoms with Gasteiger partial charge >= 0.3 is 0 Å². The predicted molar refractivity (Wildman–Crippen MR) is 58.7 cm³/mol. The van der Waals surface area contributed by atoms with Crippen LogP contribution in [-0.4, -0.2) is 43.3 Å². The van der Waals surface area contributed by atoms with Crippen molar-refractivity contribution < 1.29 is 14.3 Å². The highest BCUT2D eigenvalue weighted by Gasteiger charge is 2.11. The van der Waals surface area contributed by atoms with Crippen molar-refractivity contribution in [1.82, 2.24) is 9.97 Å². The number of nitrogens with one attached hydrogen (secondary N) is 1. The maximum atomic E-state index is 10.8. The summed E-state index contributed by atoms with van der Waals surface area (Å²) in [7, 11) is 3.03. The summed E-state index contributed by atoms with van der Waals surface area (Å²) in [5.74, 6) is 0.356. The molecule has 16 heavy (non-hydrogen) atoms. The molecule has 1 heterocycles. The number of methoxy groups -OCH3 is 2. The summed E-state index contributed by atoms with van der Waals surface area (Å²) in [4.78, 5) is 18.4. The lowest BCUT2D eigenvalue weighted by Crippen LogP contribution is -2.24. The van der Waals surface area contributed by atoms with Crippen molar-refractivity contribution in [3.63, 3.8) is 0 Å². The van der Waals surface area contributed by atoms with E-state index in [0.717, 1.165) is 0 Å². The summed E-state index contributed by atoms with van der Waals surface area (Å²) in [6, 6.07) is 0. The molecule has 0 unspecified atom stereocenters. The van der Waals surface area contributed by atoms with E-state index in [0.29, 0.717) is 18.6 Å². The highest BCUT2D eigenvalue weighted by atomic mass is 35.5. The van der Waals surface area contributed by atoms with Crippen molar-refractivity contribution in [2.45, 2.75) is 6.29 Å². The van der Waals surface area contributed by atoms with Crippen LogP contribution in [0.5, 0.6) is 0 Å². The maximum absolute atomic E-state index is 10.8. The SMILES string of the molecule is COC(CNc1ncnc(Cl)c1C=O)OC. The molecule has 1 aromatic heterocycles. The third-order valence-corrected chi connectivity index (χ3v) is 2.22. The van der Waals surface area contributed by atoms with Crippen LogP contribution < -0.4 is 5.32 Å². The van der Waals surface area contributed by atoms with E-state index in [4.69, 9.17) is 21.1 Å². The Labute approximate surface area is 97.9 Å². The number of rotatable bonds is 6. The van der Waals surface area contributed by atoms with Gasteiger partial charge in [-0.25, -0.2) is 9.97 Å². The summed E-state index contributed by atoms with van der Waals surface area (Å²) < 4.78 is 9.95. The topological polar surface area (TPSA) is 73.3 Å². The van der Waals surface area contributed by atoms with E-state index < -0.39 is 6.29 Å². The fraction of sp³-hybridized carbons (Fsp3) is 0.444. The Kier molecular flexibility index (Phi) is 5.10. The lowest BCUT2D eigenvalue weighted by atomic mass is 10.3. The third kappa shape index (κ3) is 3.13. The van der Waals surface area contributed by atoms with Gasteiger partial charge in [-0.2, -0.15) is 0 Å². The van der Waals surface area contributed by atoms with E-state index in [2.05, 4.69) is 15.3 Å². The van der Waals surface area contributed by atoms with Gasteiger partial charge in [0.05, 0.1) is 12.1 Å². The number of aldehydes is 1. The van der Waals surface area contributed by atoms with Crippen molar-refractivity contribution in [2.24, 2.45) is 0 Å². The number of aromatic nitrogens is 2. The van der Waals surface area contributed by atoms with Crippen molar-refractivity contribution in [2.75, 3.05) is 26.1 Å². The normalized spacial score (nSPS) is 10.5. The van der Waals surface area contributed by atoms with Gasteiger partial charge < -0.3 is 14.8 Å². The zero-order chi connectivity index (χ0) is 12.0. The van der Waals surface area contributed by atoms with Crippen LogP contribution in [0.2, 0.25) is 5.15 Å². The average Bonchev–Trinajstić information content (AvgIpc) is 2.30. The minimum absolute atomic E-state index is 0.110. The van der Waals surface area contributed by atoms with Crippen LogP contribution in [0.15, 0.2) is 6.33 Å². The van der Waals surface area contributed by atoms with Crippen LogP contribution in [0.4, 0.5) is 5.82 Å². The van der Waals surface area contributed by atoms with Gasteiger partial charge in [0, 0.05) is 14.2 Å². The minimum atomic E-state index is -0.423. The number of carbonyl (C=O) groups excluding carboxylic acids is 1. The molecule has 0 atom stereocenters. The molecule has 0 fully saturated rings. The minimum Gasteiger partial charge on any atom is -0.364 e. The van der Waals surface area contributed by atoms with E-state index in [-0.39, 0.29) is 10.7 Å². The Bertz CT molecular complexity index is 358. The van der Waals surface area contributed by atoms with Gasteiger partial charge in [-0.05, 0) is 0 Å². The second-order valence-electron chi connectivity index (χ2n) is 2.83. The van der Waals surface area contributed by atoms with Crippen molar-refractivity contribution in [3.8, 4) is 0 Å². The molecule has 1 aromatic rings. The molecule has 0 radical (unpaired) electrons. The second kappa shape index (κ2) is 6.37. The Morgan fingerprint density at radius 3 is 2.75 bits per heavy atom. The Morgan fingerprint density at radius 2 is 2.19 bits per heavy atom. The molecule has 0 spiro atoms. The van der Waals surface area contributed by atoms with E-state index in [9.17, 15) is 4.79 Å². The van der Waals surface area contributed by atoms with Gasteiger partial charge in [-0.1, -0.05) is 11.6 Å². The molecule has 0 aliphatic rings. The van der Waals surface area contributed by atoms with Crippen LogP contribution >= 0.6 is 11.6 Å². The summed E-state index contributed by atoms with van der Waals surface area (Å²) in [5.41, 5.74) is 0.218. The fourth-order valence-electron chi connectivity index (χ4n) is 1.06. The van der Waals surface area contributed by atoms with E-state index >= 15 is 0 Å². The standard InChI is InChI=1S/C9H12ClN3O3/c1-15-7(16-2)3-11-9-6(4-14)8(10)12-5-13-9/h4-5,7H,3H2,1-2H3,(H,11,12,13). The first-order chi connectivity index (χ1) is 7.72. The first-order valence-electron chi connectivity index (χ1n) is 4.48. The molecule has 1 N–H and O–H groups in total. The summed E-state index contributed by atoms with van der Waals surface area (Å²) in [6.07, 6.45) is 1.44. The van der Waals surface area contributed by atoms with Gasteiger partial charge in [0.1, 0.15) is 17.3 Å². The van der Waals surface area contributed by atoms with Crippen LogP contribution in [0, 0.1) is 0 Å². The summed E-state index contributed by atoms with van der Waals surface area (Å²) in [6.45, 7) is 0.348. The molecule has 0 saturated heterocycles. The number of hydrogen-bond acceptors (Lipinski definition) is 6. The smallest absolute Gasteiger partial charge is 0.173 e. The maximum Gasteiger partial charge on any atom is 0.173 e.